The highest BCUT2D eigenvalue weighted by atomic mass is 16.5. The smallest absolute Gasteiger partial charge is 0.257 e. The Morgan fingerprint density at radius 2 is 1.88 bits per heavy atom. The first-order valence-corrected chi connectivity index (χ1v) is 12.0. The van der Waals surface area contributed by atoms with Crippen LogP contribution in [0, 0.1) is 5.92 Å². The molecule has 3 rings (SSSR count). The average Bonchev–Trinajstić information content (AvgIpc) is 2.84. The van der Waals surface area contributed by atoms with Gasteiger partial charge in [-0.2, -0.15) is 0 Å². The van der Waals surface area contributed by atoms with E-state index in [0.717, 1.165) is 19.5 Å². The lowest BCUT2D eigenvalue weighted by molar-refractivity contribution is 0.0108. The summed E-state index contributed by atoms with van der Waals surface area (Å²) < 4.78 is 12.0. The third-order valence-electron chi connectivity index (χ3n) is 6.38. The van der Waals surface area contributed by atoms with Gasteiger partial charge in [0.2, 0.25) is 0 Å². The van der Waals surface area contributed by atoms with Gasteiger partial charge in [-0.3, -0.25) is 14.5 Å². The number of likely N-dealkylation sites (N-methyl/N-ethyl adjacent to an activating group) is 1. The summed E-state index contributed by atoms with van der Waals surface area (Å²) in [6, 6.07) is 14.4. The van der Waals surface area contributed by atoms with Crippen LogP contribution in [0.2, 0.25) is 0 Å². The molecule has 1 heterocycles. The van der Waals surface area contributed by atoms with Gasteiger partial charge in [0.1, 0.15) is 12.4 Å². The van der Waals surface area contributed by atoms with Crippen molar-refractivity contribution in [3.63, 3.8) is 0 Å². The summed E-state index contributed by atoms with van der Waals surface area (Å²) in [5.41, 5.74) is 1.62. The Morgan fingerprint density at radius 1 is 1.15 bits per heavy atom. The maximum Gasteiger partial charge on any atom is 0.257 e. The molecule has 0 aromatic heterocycles. The van der Waals surface area contributed by atoms with Gasteiger partial charge in [-0.1, -0.05) is 32.0 Å². The molecular weight excluding hydrogens is 430 g/mol. The number of anilines is 1. The van der Waals surface area contributed by atoms with E-state index < -0.39 is 0 Å². The second-order valence-electron chi connectivity index (χ2n) is 9.12. The average molecular weight is 468 g/mol. The zero-order valence-electron chi connectivity index (χ0n) is 20.9. The molecule has 0 fully saturated rings. The molecule has 2 aromatic carbocycles. The quantitative estimate of drug-likeness (QED) is 0.715. The van der Waals surface area contributed by atoms with Crippen molar-refractivity contribution < 1.29 is 19.1 Å². The standard InChI is InChI=1S/C27H37N3O4/c1-6-14-30-16-19(2)25(33-5)17-29(4)27(32)23-13-12-22(15-24(23)34-18-20(30)3)28-26(31)21-10-8-7-9-11-21/h7-13,15,19-20,25H,6,14,16-18H2,1-5H3,(H,28,31)/t19-,20+,25+/m1/s1. The zero-order valence-corrected chi connectivity index (χ0v) is 20.9. The topological polar surface area (TPSA) is 71.1 Å². The van der Waals surface area contributed by atoms with Crippen LogP contribution in [0.15, 0.2) is 48.5 Å². The number of fused-ring (bicyclic) bond motifs is 1. The Morgan fingerprint density at radius 3 is 2.56 bits per heavy atom. The van der Waals surface area contributed by atoms with Gasteiger partial charge in [0.05, 0.1) is 11.7 Å². The van der Waals surface area contributed by atoms with Crippen molar-refractivity contribution in [3.8, 4) is 5.75 Å². The van der Waals surface area contributed by atoms with Crippen LogP contribution in [0.25, 0.3) is 0 Å². The Balaban J connectivity index is 1.91. The number of rotatable bonds is 5. The molecule has 34 heavy (non-hydrogen) atoms. The summed E-state index contributed by atoms with van der Waals surface area (Å²) in [4.78, 5) is 30.0. The molecule has 0 saturated carbocycles. The minimum absolute atomic E-state index is 0.0752. The number of amides is 2. The van der Waals surface area contributed by atoms with Crippen molar-refractivity contribution in [2.75, 3.05) is 45.7 Å². The first-order valence-electron chi connectivity index (χ1n) is 12.0. The molecule has 2 aromatic rings. The van der Waals surface area contributed by atoms with Crippen molar-refractivity contribution in [1.29, 1.82) is 0 Å². The predicted octanol–water partition coefficient (Wildman–Crippen LogP) is 4.15. The highest BCUT2D eigenvalue weighted by molar-refractivity contribution is 6.05. The van der Waals surface area contributed by atoms with E-state index in [2.05, 4.69) is 31.0 Å². The molecule has 0 radical (unpaired) electrons. The molecule has 0 bridgehead atoms. The van der Waals surface area contributed by atoms with Crippen molar-refractivity contribution in [2.24, 2.45) is 5.92 Å². The molecule has 184 valence electrons. The molecule has 2 amide bonds. The lowest BCUT2D eigenvalue weighted by atomic mass is 10.0. The van der Waals surface area contributed by atoms with Crippen LogP contribution in [-0.4, -0.2) is 74.2 Å². The van der Waals surface area contributed by atoms with Crippen molar-refractivity contribution in [2.45, 2.75) is 39.3 Å². The Bertz CT molecular complexity index is 966. The normalized spacial score (nSPS) is 22.2. The fourth-order valence-electron chi connectivity index (χ4n) is 4.32. The van der Waals surface area contributed by atoms with Gasteiger partial charge in [-0.15, -0.1) is 0 Å². The van der Waals surface area contributed by atoms with E-state index in [0.29, 0.717) is 35.7 Å². The summed E-state index contributed by atoms with van der Waals surface area (Å²) in [7, 11) is 3.49. The SMILES string of the molecule is CCCN1C[C@@H](C)[C@@H](OC)CN(C)C(=O)c2ccc(NC(=O)c3ccccc3)cc2OC[C@@H]1C. The fraction of sp³-hybridized carbons (Fsp3) is 0.481. The van der Waals surface area contributed by atoms with Gasteiger partial charge in [-0.05, 0) is 50.1 Å². The molecule has 1 aliphatic rings. The highest BCUT2D eigenvalue weighted by Crippen LogP contribution is 2.27. The Kier molecular flexibility index (Phi) is 9.07. The van der Waals surface area contributed by atoms with Crippen LogP contribution < -0.4 is 10.1 Å². The second kappa shape index (κ2) is 12.0. The molecule has 0 aliphatic carbocycles. The number of carbonyl (C=O) groups is 2. The van der Waals surface area contributed by atoms with Gasteiger partial charge >= 0.3 is 0 Å². The van der Waals surface area contributed by atoms with E-state index in [1.165, 1.54) is 0 Å². The van der Waals surface area contributed by atoms with Gasteiger partial charge in [0.25, 0.3) is 11.8 Å². The highest BCUT2D eigenvalue weighted by Gasteiger charge is 2.28. The first kappa shape index (κ1) is 25.7. The number of nitrogens with one attached hydrogen (secondary N) is 1. The zero-order chi connectivity index (χ0) is 24.7. The Labute approximate surface area is 203 Å². The first-order chi connectivity index (χ1) is 16.3. The van der Waals surface area contributed by atoms with Crippen molar-refractivity contribution in [3.05, 3.63) is 59.7 Å². The Hall–Kier alpha value is -2.90. The summed E-state index contributed by atoms with van der Waals surface area (Å²) in [5, 5.41) is 2.91. The second-order valence-corrected chi connectivity index (χ2v) is 9.12. The van der Waals surface area contributed by atoms with E-state index in [1.807, 2.05) is 18.2 Å². The number of hydrogen-bond acceptors (Lipinski definition) is 5. The van der Waals surface area contributed by atoms with Crippen LogP contribution in [-0.2, 0) is 4.74 Å². The summed E-state index contributed by atoms with van der Waals surface area (Å²) in [5.74, 6) is 0.373. The van der Waals surface area contributed by atoms with Crippen molar-refractivity contribution in [1.82, 2.24) is 9.80 Å². The number of carbonyl (C=O) groups excluding carboxylic acids is 2. The molecule has 3 atom stereocenters. The molecule has 1 aliphatic heterocycles. The van der Waals surface area contributed by atoms with E-state index in [1.54, 1.807) is 49.4 Å². The molecule has 0 spiro atoms. The van der Waals surface area contributed by atoms with E-state index in [-0.39, 0.29) is 29.9 Å². The summed E-state index contributed by atoms with van der Waals surface area (Å²) >= 11 is 0. The molecular formula is C27H37N3O4. The van der Waals surface area contributed by atoms with Gasteiger partial charge in [0.15, 0.2) is 0 Å². The molecule has 7 heteroatoms. The van der Waals surface area contributed by atoms with Crippen LogP contribution in [0.1, 0.15) is 47.9 Å². The third kappa shape index (κ3) is 6.36. The van der Waals surface area contributed by atoms with Crippen LogP contribution in [0.5, 0.6) is 5.75 Å². The summed E-state index contributed by atoms with van der Waals surface area (Å²) in [6.45, 7) is 9.22. The lowest BCUT2D eigenvalue weighted by Crippen LogP contribution is -2.46. The molecule has 1 N–H and O–H groups in total. The minimum atomic E-state index is -0.212. The van der Waals surface area contributed by atoms with E-state index >= 15 is 0 Å². The molecule has 7 nitrogen and oxygen atoms in total. The maximum atomic E-state index is 13.3. The van der Waals surface area contributed by atoms with Crippen molar-refractivity contribution >= 4 is 17.5 Å². The molecule has 0 saturated heterocycles. The van der Waals surface area contributed by atoms with Crippen LogP contribution >= 0.6 is 0 Å². The largest absolute Gasteiger partial charge is 0.491 e. The summed E-state index contributed by atoms with van der Waals surface area (Å²) in [6.07, 6.45) is 0.966. The molecule has 0 unspecified atom stereocenters. The maximum absolute atomic E-state index is 13.3. The van der Waals surface area contributed by atoms with E-state index in [9.17, 15) is 9.59 Å². The number of nitrogens with zero attached hydrogens (tertiary/aromatic N) is 2. The van der Waals surface area contributed by atoms with Gasteiger partial charge in [-0.25, -0.2) is 0 Å². The number of ether oxygens (including phenoxy) is 2. The third-order valence-corrected chi connectivity index (χ3v) is 6.38. The monoisotopic (exact) mass is 467 g/mol. The van der Waals surface area contributed by atoms with Gasteiger partial charge in [0, 0.05) is 50.6 Å². The fourth-order valence-corrected chi connectivity index (χ4v) is 4.32. The number of benzene rings is 2. The number of hydrogen-bond donors (Lipinski definition) is 1. The van der Waals surface area contributed by atoms with Gasteiger partial charge < -0.3 is 19.7 Å². The minimum Gasteiger partial charge on any atom is -0.491 e. The predicted molar refractivity (Wildman–Crippen MR) is 135 cm³/mol. The van der Waals surface area contributed by atoms with E-state index in [4.69, 9.17) is 9.47 Å². The van der Waals surface area contributed by atoms with Crippen LogP contribution in [0.4, 0.5) is 5.69 Å². The lowest BCUT2D eigenvalue weighted by Gasteiger charge is -2.35. The number of methoxy groups -OCH3 is 1. The van der Waals surface area contributed by atoms with Crippen LogP contribution in [0.3, 0.4) is 0 Å².